The summed E-state index contributed by atoms with van der Waals surface area (Å²) in [6.07, 6.45) is 0. The third-order valence-electron chi connectivity index (χ3n) is 6.20. The Hall–Kier alpha value is -5.23. The predicted octanol–water partition coefficient (Wildman–Crippen LogP) is 5.74. The van der Waals surface area contributed by atoms with Crippen molar-refractivity contribution in [1.82, 2.24) is 20.3 Å². The van der Waals surface area contributed by atoms with E-state index in [1.807, 2.05) is 36.4 Å². The predicted molar refractivity (Wildman–Crippen MR) is 151 cm³/mol. The first kappa shape index (κ1) is 25.1. The number of amides is 2. The fourth-order valence-corrected chi connectivity index (χ4v) is 4.71. The Morgan fingerprint density at radius 2 is 1.65 bits per heavy atom. The largest absolute Gasteiger partial charge is 0.439 e. The van der Waals surface area contributed by atoms with Gasteiger partial charge in [0.2, 0.25) is 0 Å². The van der Waals surface area contributed by atoms with Gasteiger partial charge in [-0.2, -0.15) is 0 Å². The van der Waals surface area contributed by atoms with Crippen LogP contribution in [0.1, 0.15) is 26.5 Å². The molecule has 0 saturated carbocycles. The number of halogens is 1. The van der Waals surface area contributed by atoms with Crippen LogP contribution in [0.5, 0.6) is 0 Å². The summed E-state index contributed by atoms with van der Waals surface area (Å²) in [5, 5.41) is 14.2. The van der Waals surface area contributed by atoms with E-state index in [0.29, 0.717) is 49.3 Å². The van der Waals surface area contributed by atoms with Crippen LogP contribution in [0.15, 0.2) is 91.1 Å². The van der Waals surface area contributed by atoms with Crippen LogP contribution in [0.4, 0.5) is 11.4 Å². The van der Waals surface area contributed by atoms with E-state index in [0.717, 1.165) is 5.56 Å². The average Bonchev–Trinajstić information content (AvgIpc) is 3.68. The number of carbonyl (C=O) groups is 2. The summed E-state index contributed by atoms with van der Waals surface area (Å²) in [6, 6.07) is 21.4. The van der Waals surface area contributed by atoms with Crippen molar-refractivity contribution in [3.63, 3.8) is 0 Å². The molecule has 3 heterocycles. The lowest BCUT2D eigenvalue weighted by atomic mass is 10.1. The molecule has 0 aliphatic heterocycles. The number of rotatable bonds is 6. The number of aryl methyl sites for hydroxylation is 1. The van der Waals surface area contributed by atoms with Gasteiger partial charge in [0.1, 0.15) is 11.3 Å². The number of fused-ring (bicyclic) bond motifs is 1. The molecule has 0 atom stereocenters. The van der Waals surface area contributed by atoms with E-state index in [2.05, 4.69) is 51.4 Å². The summed E-state index contributed by atoms with van der Waals surface area (Å²) in [5.74, 6) is -1.01. The second-order valence-corrected chi connectivity index (χ2v) is 9.75. The Morgan fingerprint density at radius 1 is 0.850 bits per heavy atom. The van der Waals surface area contributed by atoms with E-state index >= 15 is 0 Å². The number of nitrogens with one attached hydrogen (secondary N) is 4. The number of H-pyrrole nitrogens is 2. The van der Waals surface area contributed by atoms with Crippen LogP contribution >= 0.6 is 15.9 Å². The quantitative estimate of drug-likeness (QED) is 0.190. The second kappa shape index (κ2) is 10.2. The van der Waals surface area contributed by atoms with Gasteiger partial charge >= 0.3 is 5.76 Å². The highest BCUT2D eigenvalue weighted by Gasteiger charge is 2.23. The number of anilines is 2. The molecule has 198 valence electrons. The normalized spacial score (nSPS) is 11.1. The Kier molecular flexibility index (Phi) is 6.36. The number of aromatic nitrogens is 4. The first-order chi connectivity index (χ1) is 19.4. The number of hydrogen-bond acceptors (Lipinski definition) is 7. The second-order valence-electron chi connectivity index (χ2n) is 8.83. The zero-order valence-electron chi connectivity index (χ0n) is 20.7. The molecule has 6 rings (SSSR count). The molecule has 3 aromatic carbocycles. The number of hydrogen-bond donors (Lipinski definition) is 4. The molecule has 0 bridgehead atoms. The van der Waals surface area contributed by atoms with Crippen LogP contribution in [0.2, 0.25) is 0 Å². The zero-order valence-corrected chi connectivity index (χ0v) is 22.3. The minimum atomic E-state index is -0.713. The maximum absolute atomic E-state index is 13.4. The topological polar surface area (TPSA) is 159 Å². The van der Waals surface area contributed by atoms with E-state index in [1.54, 1.807) is 43.3 Å². The zero-order chi connectivity index (χ0) is 27.8. The molecule has 0 aliphatic carbocycles. The van der Waals surface area contributed by atoms with Gasteiger partial charge in [0, 0.05) is 21.0 Å². The van der Waals surface area contributed by atoms with Gasteiger partial charge in [-0.15, -0.1) is 0 Å². The van der Waals surface area contributed by atoms with Gasteiger partial charge in [-0.1, -0.05) is 68.7 Å². The van der Waals surface area contributed by atoms with Crippen molar-refractivity contribution >= 4 is 50.0 Å². The van der Waals surface area contributed by atoms with Crippen LogP contribution in [-0.4, -0.2) is 32.1 Å². The molecular formula is C28H19BrN6O5. The van der Waals surface area contributed by atoms with Gasteiger partial charge in [-0.05, 0) is 37.3 Å². The molecule has 0 spiro atoms. The Balaban J connectivity index is 1.29. The van der Waals surface area contributed by atoms with Crippen molar-refractivity contribution in [3.05, 3.63) is 105 Å². The van der Waals surface area contributed by atoms with Crippen molar-refractivity contribution in [2.75, 3.05) is 10.6 Å². The molecule has 3 aromatic heterocycles. The van der Waals surface area contributed by atoms with Gasteiger partial charge < -0.3 is 20.1 Å². The smallest absolute Gasteiger partial charge is 0.355 e. The lowest BCUT2D eigenvalue weighted by Crippen LogP contribution is -2.14. The van der Waals surface area contributed by atoms with Gasteiger partial charge in [0.25, 0.3) is 11.8 Å². The van der Waals surface area contributed by atoms with Gasteiger partial charge in [-0.3, -0.25) is 19.1 Å². The summed E-state index contributed by atoms with van der Waals surface area (Å²) in [7, 11) is 0. The maximum atomic E-state index is 13.4. The molecular weight excluding hydrogens is 580 g/mol. The van der Waals surface area contributed by atoms with E-state index in [4.69, 9.17) is 4.52 Å². The van der Waals surface area contributed by atoms with Crippen molar-refractivity contribution in [2.45, 2.75) is 6.92 Å². The molecule has 11 nitrogen and oxygen atoms in total. The monoisotopic (exact) mass is 598 g/mol. The lowest BCUT2D eigenvalue weighted by molar-refractivity contribution is 0.101. The molecule has 0 radical (unpaired) electrons. The number of benzene rings is 3. The molecule has 2 amide bonds. The van der Waals surface area contributed by atoms with Gasteiger partial charge in [-0.25, -0.2) is 4.79 Å². The van der Waals surface area contributed by atoms with E-state index in [9.17, 15) is 14.4 Å². The van der Waals surface area contributed by atoms with E-state index in [-0.39, 0.29) is 11.5 Å². The summed E-state index contributed by atoms with van der Waals surface area (Å²) < 4.78 is 10.8. The standard InChI is InChI=1S/C28H19BrN6O5/c1-14-22(24(39-34-14)15-6-3-2-4-7-15)27(37)32-20-9-5-8-16-12-21(30-23(16)20)26(36)31-19-11-10-17(29)13-18(19)25-33-28(38)40-35-25/h2-13,30H,1H3,(H,31,36)(H,32,37)(H,33,35,38). The Bertz CT molecular complexity index is 1950. The third-order valence-corrected chi connectivity index (χ3v) is 6.69. The lowest BCUT2D eigenvalue weighted by Gasteiger charge is -2.09. The first-order valence-corrected chi connectivity index (χ1v) is 12.8. The number of nitrogens with zero attached hydrogens (tertiary/aromatic N) is 2. The molecule has 6 aromatic rings. The van der Waals surface area contributed by atoms with Crippen molar-refractivity contribution in [2.24, 2.45) is 0 Å². The summed E-state index contributed by atoms with van der Waals surface area (Å²) in [4.78, 5) is 43.7. The van der Waals surface area contributed by atoms with Crippen LogP contribution in [-0.2, 0) is 0 Å². The number of aromatic amines is 2. The summed E-state index contributed by atoms with van der Waals surface area (Å²) >= 11 is 3.39. The Labute approximate surface area is 233 Å². The van der Waals surface area contributed by atoms with E-state index < -0.39 is 17.6 Å². The third kappa shape index (κ3) is 4.71. The fraction of sp³-hybridized carbons (Fsp3) is 0.0357. The van der Waals surface area contributed by atoms with Crippen LogP contribution in [0.3, 0.4) is 0 Å². The Morgan fingerprint density at radius 3 is 2.42 bits per heavy atom. The molecule has 0 aliphatic rings. The summed E-state index contributed by atoms with van der Waals surface area (Å²) in [5.41, 5.74) is 3.66. The average molecular weight is 599 g/mol. The van der Waals surface area contributed by atoms with Crippen LogP contribution < -0.4 is 16.4 Å². The van der Waals surface area contributed by atoms with Crippen molar-refractivity contribution < 1.29 is 18.6 Å². The van der Waals surface area contributed by atoms with Crippen molar-refractivity contribution in [1.29, 1.82) is 0 Å². The molecule has 12 heteroatoms. The highest BCUT2D eigenvalue weighted by atomic mass is 79.9. The van der Waals surface area contributed by atoms with Crippen LogP contribution in [0.25, 0.3) is 33.6 Å². The van der Waals surface area contributed by atoms with Gasteiger partial charge in [0.15, 0.2) is 11.6 Å². The molecule has 4 N–H and O–H groups in total. The van der Waals surface area contributed by atoms with Crippen molar-refractivity contribution in [3.8, 4) is 22.7 Å². The first-order valence-electron chi connectivity index (χ1n) is 12.0. The number of para-hydroxylation sites is 1. The minimum absolute atomic E-state index is 0.169. The SMILES string of the molecule is Cc1noc(-c2ccccc2)c1C(=O)Nc1cccc2cc(C(=O)Nc3ccc(Br)cc3-c3noc(=O)[nH]3)[nH]c12. The van der Waals surface area contributed by atoms with Gasteiger partial charge in [0.05, 0.1) is 22.6 Å². The molecule has 0 saturated heterocycles. The maximum Gasteiger partial charge on any atom is 0.439 e. The summed E-state index contributed by atoms with van der Waals surface area (Å²) in [6.45, 7) is 1.70. The van der Waals surface area contributed by atoms with Crippen LogP contribution in [0, 0.1) is 6.92 Å². The fourth-order valence-electron chi connectivity index (χ4n) is 4.35. The molecule has 40 heavy (non-hydrogen) atoms. The number of carbonyl (C=O) groups excluding carboxylic acids is 2. The minimum Gasteiger partial charge on any atom is -0.355 e. The highest BCUT2D eigenvalue weighted by molar-refractivity contribution is 9.10. The van der Waals surface area contributed by atoms with E-state index in [1.165, 1.54) is 0 Å². The molecule has 0 fully saturated rings. The molecule has 0 unspecified atom stereocenters. The highest BCUT2D eigenvalue weighted by Crippen LogP contribution is 2.31.